The predicted molar refractivity (Wildman–Crippen MR) is 91.9 cm³/mol. The largest absolute Gasteiger partial charge is 0.369 e. The Morgan fingerprint density at radius 2 is 1.67 bits per heavy atom. The Balaban J connectivity index is 2.22. The third kappa shape index (κ3) is 4.16. The normalized spacial score (nSPS) is 12.0. The fraction of sp³-hybridized carbons (Fsp3) is 0.267. The molecule has 0 amide bonds. The summed E-state index contributed by atoms with van der Waals surface area (Å²) >= 11 is 18.2. The third-order valence-corrected chi connectivity index (χ3v) is 3.83. The molecule has 0 radical (unpaired) electrons. The van der Waals surface area contributed by atoms with Crippen LogP contribution in [0, 0.1) is 0 Å². The van der Waals surface area contributed by atoms with Gasteiger partial charge in [0.15, 0.2) is 0 Å². The maximum absolute atomic E-state index is 6.20. The lowest BCUT2D eigenvalue weighted by molar-refractivity contribution is 0.875. The van der Waals surface area contributed by atoms with Crippen LogP contribution in [0.2, 0.25) is 15.1 Å². The van der Waals surface area contributed by atoms with Gasteiger partial charge in [-0.25, -0.2) is 4.98 Å². The molecule has 112 valence electrons. The van der Waals surface area contributed by atoms with Crippen molar-refractivity contribution in [3.8, 4) is 0 Å². The average molecular weight is 345 g/mol. The molecule has 1 aromatic carbocycles. The van der Waals surface area contributed by atoms with E-state index in [0.29, 0.717) is 26.7 Å². The maximum Gasteiger partial charge on any atom is 0.147 e. The van der Waals surface area contributed by atoms with Crippen LogP contribution in [0.1, 0.15) is 25.5 Å². The number of nitrogens with zero attached hydrogens (tertiary/aromatic N) is 1. The predicted octanol–water partition coefficient (Wildman–Crippen LogP) is 5.65. The molecule has 0 fully saturated rings. The maximum atomic E-state index is 6.20. The Labute approximate surface area is 139 Å². The van der Waals surface area contributed by atoms with Crippen molar-refractivity contribution < 1.29 is 0 Å². The van der Waals surface area contributed by atoms with Gasteiger partial charge >= 0.3 is 0 Å². The van der Waals surface area contributed by atoms with Gasteiger partial charge in [-0.15, -0.1) is 0 Å². The van der Waals surface area contributed by atoms with Gasteiger partial charge in [-0.3, -0.25) is 0 Å². The molecule has 1 unspecified atom stereocenters. The van der Waals surface area contributed by atoms with E-state index in [2.05, 4.69) is 15.6 Å². The highest BCUT2D eigenvalue weighted by Crippen LogP contribution is 2.31. The monoisotopic (exact) mass is 343 g/mol. The molecular formula is C15H16Cl3N3. The zero-order chi connectivity index (χ0) is 15.4. The molecule has 0 aliphatic rings. The van der Waals surface area contributed by atoms with Crippen molar-refractivity contribution in [1.29, 1.82) is 0 Å². The number of halogens is 3. The van der Waals surface area contributed by atoms with E-state index in [1.807, 2.05) is 38.1 Å². The van der Waals surface area contributed by atoms with Crippen LogP contribution >= 0.6 is 34.8 Å². The summed E-state index contributed by atoms with van der Waals surface area (Å²) in [4.78, 5) is 4.43. The molecule has 0 bridgehead atoms. The minimum absolute atomic E-state index is 0.0444. The summed E-state index contributed by atoms with van der Waals surface area (Å²) in [6, 6.07) is 9.38. The Morgan fingerprint density at radius 3 is 2.29 bits per heavy atom. The van der Waals surface area contributed by atoms with E-state index < -0.39 is 0 Å². The summed E-state index contributed by atoms with van der Waals surface area (Å²) in [5.41, 5.74) is 1.09. The topological polar surface area (TPSA) is 37.0 Å². The lowest BCUT2D eigenvalue weighted by atomic mass is 10.1. The van der Waals surface area contributed by atoms with Crippen molar-refractivity contribution in [2.75, 3.05) is 17.2 Å². The smallest absolute Gasteiger partial charge is 0.147 e. The fourth-order valence-corrected chi connectivity index (χ4v) is 2.51. The van der Waals surface area contributed by atoms with Crippen LogP contribution in [-0.4, -0.2) is 11.5 Å². The van der Waals surface area contributed by atoms with Crippen molar-refractivity contribution in [2.45, 2.75) is 19.9 Å². The quantitative estimate of drug-likeness (QED) is 0.736. The molecule has 2 N–H and O–H groups in total. The van der Waals surface area contributed by atoms with E-state index in [0.717, 1.165) is 12.1 Å². The minimum Gasteiger partial charge on any atom is -0.369 e. The standard InChI is InChI=1S/C15H16Cl3N3/c1-3-19-14-12(17)8-13(18)15(21-14)20-9(2)10-4-6-11(16)7-5-10/h4-9H,3H2,1-2H3,(H2,19,20,21). The molecule has 0 aliphatic heterocycles. The highest BCUT2D eigenvalue weighted by atomic mass is 35.5. The fourth-order valence-electron chi connectivity index (χ4n) is 1.90. The molecule has 2 aromatic rings. The number of rotatable bonds is 5. The van der Waals surface area contributed by atoms with Crippen molar-refractivity contribution in [3.05, 3.63) is 51.0 Å². The van der Waals surface area contributed by atoms with Gasteiger partial charge in [0.25, 0.3) is 0 Å². The van der Waals surface area contributed by atoms with Crippen LogP contribution in [0.15, 0.2) is 30.3 Å². The van der Waals surface area contributed by atoms with Gasteiger partial charge in [-0.05, 0) is 37.6 Å². The summed E-state index contributed by atoms with van der Waals surface area (Å²) in [6.07, 6.45) is 0. The molecule has 21 heavy (non-hydrogen) atoms. The van der Waals surface area contributed by atoms with Crippen LogP contribution in [0.5, 0.6) is 0 Å². The molecule has 0 saturated heterocycles. The summed E-state index contributed by atoms with van der Waals surface area (Å²) in [7, 11) is 0. The Morgan fingerprint density at radius 1 is 1.05 bits per heavy atom. The Kier molecular flexibility index (Phi) is 5.57. The first-order valence-electron chi connectivity index (χ1n) is 6.63. The number of hydrogen-bond donors (Lipinski definition) is 2. The SMILES string of the molecule is CCNc1nc(NC(C)c2ccc(Cl)cc2)c(Cl)cc1Cl. The van der Waals surface area contributed by atoms with E-state index in [4.69, 9.17) is 34.8 Å². The van der Waals surface area contributed by atoms with E-state index in [9.17, 15) is 0 Å². The first-order valence-corrected chi connectivity index (χ1v) is 7.76. The molecule has 3 nitrogen and oxygen atoms in total. The lowest BCUT2D eigenvalue weighted by Gasteiger charge is -2.17. The van der Waals surface area contributed by atoms with E-state index in [-0.39, 0.29) is 6.04 Å². The van der Waals surface area contributed by atoms with Crippen LogP contribution in [0.3, 0.4) is 0 Å². The number of aromatic nitrogens is 1. The van der Waals surface area contributed by atoms with Gasteiger partial charge in [0.1, 0.15) is 11.6 Å². The molecule has 0 aliphatic carbocycles. The van der Waals surface area contributed by atoms with E-state index >= 15 is 0 Å². The van der Waals surface area contributed by atoms with Crippen molar-refractivity contribution in [2.24, 2.45) is 0 Å². The highest BCUT2D eigenvalue weighted by Gasteiger charge is 2.12. The van der Waals surface area contributed by atoms with Gasteiger partial charge in [0.05, 0.1) is 10.0 Å². The van der Waals surface area contributed by atoms with Crippen molar-refractivity contribution in [1.82, 2.24) is 4.98 Å². The van der Waals surface area contributed by atoms with E-state index in [1.54, 1.807) is 6.07 Å². The number of pyridine rings is 1. The van der Waals surface area contributed by atoms with Gasteiger partial charge in [0.2, 0.25) is 0 Å². The molecular weight excluding hydrogens is 329 g/mol. The van der Waals surface area contributed by atoms with Crippen LogP contribution in [-0.2, 0) is 0 Å². The number of nitrogens with one attached hydrogen (secondary N) is 2. The van der Waals surface area contributed by atoms with Crippen LogP contribution in [0.25, 0.3) is 0 Å². The molecule has 1 heterocycles. The van der Waals surface area contributed by atoms with Gasteiger partial charge in [-0.2, -0.15) is 0 Å². The Hall–Kier alpha value is -1.16. The van der Waals surface area contributed by atoms with Crippen molar-refractivity contribution in [3.63, 3.8) is 0 Å². The number of hydrogen-bond acceptors (Lipinski definition) is 3. The first kappa shape index (κ1) is 16.2. The second kappa shape index (κ2) is 7.21. The molecule has 1 aromatic heterocycles. The highest BCUT2D eigenvalue weighted by molar-refractivity contribution is 6.37. The molecule has 1 atom stereocenters. The first-order chi connectivity index (χ1) is 10.0. The second-order valence-electron chi connectivity index (χ2n) is 4.60. The summed E-state index contributed by atoms with van der Waals surface area (Å²) in [5.74, 6) is 1.22. The zero-order valence-electron chi connectivity index (χ0n) is 11.8. The molecule has 6 heteroatoms. The summed E-state index contributed by atoms with van der Waals surface area (Å²) in [5, 5.41) is 8.10. The number of anilines is 2. The van der Waals surface area contributed by atoms with Crippen LogP contribution in [0.4, 0.5) is 11.6 Å². The number of benzene rings is 1. The van der Waals surface area contributed by atoms with Crippen LogP contribution < -0.4 is 10.6 Å². The molecule has 2 rings (SSSR count). The molecule has 0 saturated carbocycles. The zero-order valence-corrected chi connectivity index (χ0v) is 14.0. The second-order valence-corrected chi connectivity index (χ2v) is 5.85. The average Bonchev–Trinajstić information content (AvgIpc) is 2.45. The van der Waals surface area contributed by atoms with Gasteiger partial charge < -0.3 is 10.6 Å². The summed E-state index contributed by atoms with van der Waals surface area (Å²) < 4.78 is 0. The lowest BCUT2D eigenvalue weighted by Crippen LogP contribution is -2.10. The Bertz CT molecular complexity index is 614. The van der Waals surface area contributed by atoms with Gasteiger partial charge in [-0.1, -0.05) is 46.9 Å². The summed E-state index contributed by atoms with van der Waals surface area (Å²) in [6.45, 7) is 4.75. The minimum atomic E-state index is 0.0444. The van der Waals surface area contributed by atoms with Gasteiger partial charge in [0, 0.05) is 17.6 Å². The van der Waals surface area contributed by atoms with Crippen molar-refractivity contribution >= 4 is 46.4 Å². The third-order valence-electron chi connectivity index (χ3n) is 3.00. The van der Waals surface area contributed by atoms with E-state index in [1.165, 1.54) is 0 Å². The molecule has 0 spiro atoms.